The summed E-state index contributed by atoms with van der Waals surface area (Å²) in [6.07, 6.45) is 5.25. The van der Waals surface area contributed by atoms with Crippen LogP contribution in [0.5, 0.6) is 0 Å². The van der Waals surface area contributed by atoms with Crippen LogP contribution in [0.1, 0.15) is 84.3 Å². The zero-order valence-corrected chi connectivity index (χ0v) is 22.2. The maximum Gasteiger partial charge on any atom is 0.322 e. The van der Waals surface area contributed by atoms with Crippen LogP contribution in [0.4, 0.5) is 4.79 Å². The average molecular weight is 485 g/mol. The summed E-state index contributed by atoms with van der Waals surface area (Å²) < 4.78 is 4.99. The summed E-state index contributed by atoms with van der Waals surface area (Å²) in [7, 11) is 1.44. The molecule has 4 saturated carbocycles. The van der Waals surface area contributed by atoms with E-state index in [1.165, 1.54) is 19.1 Å². The van der Waals surface area contributed by atoms with E-state index in [0.29, 0.717) is 31.1 Å². The van der Waals surface area contributed by atoms with Gasteiger partial charge < -0.3 is 10.1 Å². The highest BCUT2D eigenvalue weighted by molar-refractivity contribution is 6.31. The van der Waals surface area contributed by atoms with Gasteiger partial charge in [0.2, 0.25) is 0 Å². The molecule has 4 fully saturated rings. The van der Waals surface area contributed by atoms with Gasteiger partial charge in [0.25, 0.3) is 0 Å². The van der Waals surface area contributed by atoms with Gasteiger partial charge in [-0.2, -0.15) is 0 Å². The Morgan fingerprint density at radius 1 is 1.24 bits per heavy atom. The van der Waals surface area contributed by atoms with Gasteiger partial charge in [-0.15, -0.1) is 0 Å². The van der Waals surface area contributed by atoms with Crippen LogP contribution in [0.3, 0.4) is 0 Å². The molecule has 0 radical (unpaired) electrons. The van der Waals surface area contributed by atoms with Gasteiger partial charge >= 0.3 is 12.0 Å². The van der Waals surface area contributed by atoms with E-state index in [2.05, 4.69) is 59.0 Å². The number of hydrogen-bond acceptors (Lipinski definition) is 3. The molecule has 1 heterocycles. The predicted molar refractivity (Wildman–Crippen MR) is 133 cm³/mol. The van der Waals surface area contributed by atoms with Gasteiger partial charge in [0.1, 0.15) is 0 Å². The third-order valence-corrected chi connectivity index (χ3v) is 9.38. The van der Waals surface area contributed by atoms with Gasteiger partial charge in [0.05, 0.1) is 23.6 Å². The maximum absolute atomic E-state index is 13.4. The van der Waals surface area contributed by atoms with Crippen LogP contribution >= 0.6 is 11.6 Å². The molecule has 3 atom stereocenters. The first kappa shape index (κ1) is 23.7. The lowest BCUT2D eigenvalue weighted by Gasteiger charge is -2.71. The minimum Gasteiger partial charge on any atom is -0.469 e. The molecule has 5 aliphatic rings. The number of esters is 1. The molecular formula is C28H37ClN2O3. The molecule has 1 aliphatic heterocycles. The number of nitrogens with zero attached hydrogens (tertiary/aromatic N) is 1. The highest BCUT2D eigenvalue weighted by Gasteiger charge is 2.75. The summed E-state index contributed by atoms with van der Waals surface area (Å²) in [6.45, 7) is 13.3. The highest BCUT2D eigenvalue weighted by atomic mass is 35.5. The van der Waals surface area contributed by atoms with Crippen LogP contribution in [-0.4, -0.2) is 29.5 Å². The minimum atomic E-state index is -0.638. The monoisotopic (exact) mass is 484 g/mol. The summed E-state index contributed by atoms with van der Waals surface area (Å²) >= 11 is 6.84. The van der Waals surface area contributed by atoms with E-state index < -0.39 is 11.0 Å². The molecule has 1 N–H and O–H groups in total. The number of hydrogen-bond donors (Lipinski definition) is 1. The molecule has 6 heteroatoms. The van der Waals surface area contributed by atoms with E-state index in [4.69, 9.17) is 16.3 Å². The third kappa shape index (κ3) is 3.26. The van der Waals surface area contributed by atoms with Crippen molar-refractivity contribution in [3.63, 3.8) is 0 Å². The fourth-order valence-corrected chi connectivity index (χ4v) is 7.37. The lowest BCUT2D eigenvalue weighted by atomic mass is 9.38. The van der Waals surface area contributed by atoms with Crippen molar-refractivity contribution >= 4 is 23.6 Å². The summed E-state index contributed by atoms with van der Waals surface area (Å²) in [6, 6.07) is 6.24. The summed E-state index contributed by atoms with van der Waals surface area (Å²) in [4.78, 5) is 27.4. The Hall–Kier alpha value is -2.01. The first-order valence-electron chi connectivity index (χ1n) is 12.5. The highest BCUT2D eigenvalue weighted by Crippen LogP contribution is 2.71. The zero-order valence-electron chi connectivity index (χ0n) is 21.4. The quantitative estimate of drug-likeness (QED) is 0.494. The smallest absolute Gasteiger partial charge is 0.322 e. The normalized spacial score (nSPS) is 36.3. The Bertz CT molecular complexity index is 1080. The second kappa shape index (κ2) is 7.25. The molecule has 34 heavy (non-hydrogen) atoms. The number of carbonyl (C=O) groups is 2. The van der Waals surface area contributed by atoms with Gasteiger partial charge in [-0.25, -0.2) is 4.79 Å². The molecule has 4 aliphatic carbocycles. The minimum absolute atomic E-state index is 0.111. The Labute approximate surface area is 208 Å². The number of urea groups is 1. The van der Waals surface area contributed by atoms with Crippen LogP contribution < -0.4 is 5.32 Å². The molecule has 0 spiro atoms. The number of methoxy groups -OCH3 is 1. The molecule has 1 aromatic rings. The summed E-state index contributed by atoms with van der Waals surface area (Å²) in [5, 5.41) is 4.10. The summed E-state index contributed by atoms with van der Waals surface area (Å²) in [5.74, 6) is 1.24. The van der Waals surface area contributed by atoms with Crippen molar-refractivity contribution in [3.8, 4) is 0 Å². The number of ether oxygens (including phenoxy) is 1. The predicted octanol–water partition coefficient (Wildman–Crippen LogP) is 6.37. The molecule has 5 nitrogen and oxygen atoms in total. The molecule has 184 valence electrons. The fraction of sp³-hybridized carbons (Fsp3) is 0.643. The molecule has 2 bridgehead atoms. The lowest BCUT2D eigenvalue weighted by Crippen LogP contribution is -2.78. The fourth-order valence-electron chi connectivity index (χ4n) is 7.05. The summed E-state index contributed by atoms with van der Waals surface area (Å²) in [5.41, 5.74) is 2.35. The van der Waals surface area contributed by atoms with Gasteiger partial charge in [-0.05, 0) is 78.5 Å². The molecule has 0 unspecified atom stereocenters. The standard InChI is InChI=1S/C28H37ClN2O3/c1-16(2)21-12-31(28-13-27(14-28,15-28)23(32)34-7)24(33)30-26(21,6)17-8-9-18(22(29)10-17)19-11-20(19)25(3,4)5/h8-10,12,16,19-20H,11,13-15H2,1-7H3,(H,30,33)/t19-,20+,26-,27?,28?/m0/s1. The van der Waals surface area contributed by atoms with Crippen LogP contribution in [0.15, 0.2) is 30.0 Å². The first-order chi connectivity index (χ1) is 15.8. The number of benzene rings is 1. The second-order valence-corrected chi connectivity index (χ2v) is 13.1. The second-order valence-electron chi connectivity index (χ2n) is 12.7. The van der Waals surface area contributed by atoms with Crippen LogP contribution in [-0.2, 0) is 15.1 Å². The van der Waals surface area contributed by atoms with Gasteiger partial charge in [0.15, 0.2) is 0 Å². The number of carbonyl (C=O) groups excluding carboxylic acids is 2. The van der Waals surface area contributed by atoms with Gasteiger partial charge in [-0.3, -0.25) is 9.69 Å². The van der Waals surface area contributed by atoms with Crippen molar-refractivity contribution in [2.75, 3.05) is 7.11 Å². The van der Waals surface area contributed by atoms with Crippen molar-refractivity contribution in [2.45, 2.75) is 84.2 Å². The molecule has 1 aromatic carbocycles. The van der Waals surface area contributed by atoms with Crippen molar-refractivity contribution in [1.29, 1.82) is 0 Å². The van der Waals surface area contributed by atoms with Crippen molar-refractivity contribution in [2.24, 2.45) is 22.7 Å². The number of halogens is 1. The molecule has 0 aromatic heterocycles. The molecule has 6 rings (SSSR count). The first-order valence-corrected chi connectivity index (χ1v) is 12.9. The van der Waals surface area contributed by atoms with Crippen molar-refractivity contribution < 1.29 is 14.3 Å². The zero-order chi connectivity index (χ0) is 24.8. The molecule has 0 saturated heterocycles. The van der Waals surface area contributed by atoms with Crippen molar-refractivity contribution in [3.05, 3.63) is 46.1 Å². The Morgan fingerprint density at radius 2 is 1.88 bits per heavy atom. The van der Waals surface area contributed by atoms with Crippen LogP contribution in [0, 0.1) is 22.7 Å². The number of rotatable bonds is 5. The molecule has 2 amide bonds. The maximum atomic E-state index is 13.4. The Morgan fingerprint density at radius 3 is 2.38 bits per heavy atom. The van der Waals surface area contributed by atoms with Crippen molar-refractivity contribution in [1.82, 2.24) is 10.2 Å². The van der Waals surface area contributed by atoms with Crippen LogP contribution in [0.25, 0.3) is 0 Å². The van der Waals surface area contributed by atoms with E-state index in [1.54, 1.807) is 0 Å². The Balaban J connectivity index is 1.43. The van der Waals surface area contributed by atoms with E-state index >= 15 is 0 Å². The SMILES string of the molecule is COC(=O)C12CC(N3C=C(C(C)C)[C@](C)(c4ccc([C@@H]5C[C@H]5C(C)(C)C)c(Cl)c4)NC3=O)(C1)C2. The van der Waals surface area contributed by atoms with E-state index in [9.17, 15) is 9.59 Å². The largest absolute Gasteiger partial charge is 0.469 e. The number of amides is 2. The van der Waals surface area contributed by atoms with Gasteiger partial charge in [0, 0.05) is 11.2 Å². The van der Waals surface area contributed by atoms with Gasteiger partial charge in [-0.1, -0.05) is 58.4 Å². The molecular weight excluding hydrogens is 448 g/mol. The third-order valence-electron chi connectivity index (χ3n) is 9.06. The lowest BCUT2D eigenvalue weighted by molar-refractivity contribution is -0.218. The van der Waals surface area contributed by atoms with Crippen LogP contribution in [0.2, 0.25) is 5.02 Å². The van der Waals surface area contributed by atoms with E-state index in [-0.39, 0.29) is 28.9 Å². The van der Waals surface area contributed by atoms with E-state index in [1.807, 2.05) is 17.2 Å². The topological polar surface area (TPSA) is 58.6 Å². The van der Waals surface area contributed by atoms with E-state index in [0.717, 1.165) is 16.2 Å². The average Bonchev–Trinajstić information content (AvgIpc) is 3.48. The Kier molecular flexibility index (Phi) is 5.06. The number of nitrogens with one attached hydrogen (secondary N) is 1.